The molecule has 2 saturated heterocycles. The van der Waals surface area contributed by atoms with Gasteiger partial charge in [0.25, 0.3) is 0 Å². The molecule has 4 nitrogen and oxygen atoms in total. The smallest absolute Gasteiger partial charge is 0.160 e. The number of thioether (sulfide) groups is 1. The second kappa shape index (κ2) is 5.37. The van der Waals surface area contributed by atoms with Crippen molar-refractivity contribution in [3.05, 3.63) is 24.2 Å². The van der Waals surface area contributed by atoms with Crippen molar-refractivity contribution >= 4 is 22.9 Å². The summed E-state index contributed by atoms with van der Waals surface area (Å²) in [6.45, 7) is 1.90. The van der Waals surface area contributed by atoms with Gasteiger partial charge in [-0.25, -0.2) is 9.97 Å². The minimum absolute atomic E-state index is 0.165. The molecule has 0 saturated carbocycles. The fourth-order valence-corrected chi connectivity index (χ4v) is 4.44. The molecule has 0 radical (unpaired) electrons. The summed E-state index contributed by atoms with van der Waals surface area (Å²) in [7, 11) is 0. The maximum atomic E-state index is 5.86. The minimum Gasteiger partial charge on any atom is -0.370 e. The standard InChI is InChI=1S/C15H19N3OS/c1-3-12-14(16-6-1)18(9-11-5-8-20-10-11)15(17-12)13-4-2-7-19-13/h1,3,6,11,13H,2,4-5,7-10H2. The first-order chi connectivity index (χ1) is 9.92. The van der Waals surface area contributed by atoms with Gasteiger partial charge in [-0.3, -0.25) is 0 Å². The molecule has 4 heterocycles. The van der Waals surface area contributed by atoms with Crippen LogP contribution >= 0.6 is 11.8 Å². The van der Waals surface area contributed by atoms with Crippen molar-refractivity contribution in [2.45, 2.75) is 31.9 Å². The summed E-state index contributed by atoms with van der Waals surface area (Å²) in [5, 5.41) is 0. The first kappa shape index (κ1) is 12.7. The lowest BCUT2D eigenvalue weighted by atomic mass is 10.1. The molecule has 0 bridgehead atoms. The number of imidazole rings is 1. The average molecular weight is 289 g/mol. The molecule has 2 aromatic rings. The molecular weight excluding hydrogens is 270 g/mol. The van der Waals surface area contributed by atoms with E-state index in [2.05, 4.69) is 27.4 Å². The molecule has 2 aliphatic rings. The summed E-state index contributed by atoms with van der Waals surface area (Å²) in [6.07, 6.45) is 5.56. The summed E-state index contributed by atoms with van der Waals surface area (Å²) >= 11 is 2.06. The molecule has 2 aliphatic heterocycles. The molecule has 0 aromatic carbocycles. The molecule has 0 N–H and O–H groups in total. The van der Waals surface area contributed by atoms with Crippen LogP contribution in [-0.2, 0) is 11.3 Å². The van der Waals surface area contributed by atoms with Crippen LogP contribution in [-0.4, -0.2) is 32.6 Å². The number of fused-ring (bicyclic) bond motifs is 1. The van der Waals surface area contributed by atoms with Crippen molar-refractivity contribution in [2.24, 2.45) is 5.92 Å². The lowest BCUT2D eigenvalue weighted by Crippen LogP contribution is -2.15. The second-order valence-electron chi connectivity index (χ2n) is 5.66. The monoisotopic (exact) mass is 289 g/mol. The van der Waals surface area contributed by atoms with Gasteiger partial charge in [-0.05, 0) is 48.8 Å². The van der Waals surface area contributed by atoms with Crippen molar-refractivity contribution in [2.75, 3.05) is 18.1 Å². The van der Waals surface area contributed by atoms with Crippen LogP contribution in [0, 0.1) is 5.92 Å². The van der Waals surface area contributed by atoms with E-state index in [1.165, 1.54) is 17.9 Å². The van der Waals surface area contributed by atoms with E-state index in [0.717, 1.165) is 48.9 Å². The normalized spacial score (nSPS) is 26.6. The van der Waals surface area contributed by atoms with Crippen LogP contribution in [0.3, 0.4) is 0 Å². The first-order valence-electron chi connectivity index (χ1n) is 7.42. The Balaban J connectivity index is 1.75. The van der Waals surface area contributed by atoms with Gasteiger partial charge in [0.2, 0.25) is 0 Å². The van der Waals surface area contributed by atoms with Gasteiger partial charge in [0.05, 0.1) is 0 Å². The van der Waals surface area contributed by atoms with E-state index in [4.69, 9.17) is 9.72 Å². The Labute approximate surface area is 122 Å². The Morgan fingerprint density at radius 3 is 3.20 bits per heavy atom. The summed E-state index contributed by atoms with van der Waals surface area (Å²) in [6, 6.07) is 4.02. The van der Waals surface area contributed by atoms with Crippen molar-refractivity contribution in [1.82, 2.24) is 14.5 Å². The van der Waals surface area contributed by atoms with Gasteiger partial charge in [0, 0.05) is 19.3 Å². The zero-order valence-electron chi connectivity index (χ0n) is 11.5. The quantitative estimate of drug-likeness (QED) is 0.871. The molecule has 20 heavy (non-hydrogen) atoms. The number of pyridine rings is 1. The molecule has 0 spiro atoms. The summed E-state index contributed by atoms with van der Waals surface area (Å²) in [5.74, 6) is 4.39. The van der Waals surface area contributed by atoms with E-state index >= 15 is 0 Å². The Hall–Kier alpha value is -1.07. The van der Waals surface area contributed by atoms with Gasteiger partial charge in [-0.15, -0.1) is 0 Å². The average Bonchev–Trinajstić information content (AvgIpc) is 3.19. The summed E-state index contributed by atoms with van der Waals surface area (Å²) in [5.41, 5.74) is 2.03. The molecule has 2 unspecified atom stereocenters. The highest BCUT2D eigenvalue weighted by Crippen LogP contribution is 2.32. The van der Waals surface area contributed by atoms with Crippen LogP contribution in [0.15, 0.2) is 18.3 Å². The Bertz CT molecular complexity index is 600. The third-order valence-corrected chi connectivity index (χ3v) is 5.45. The predicted molar refractivity (Wildman–Crippen MR) is 80.9 cm³/mol. The van der Waals surface area contributed by atoms with Crippen LogP contribution in [0.5, 0.6) is 0 Å². The van der Waals surface area contributed by atoms with Gasteiger partial charge < -0.3 is 9.30 Å². The number of ether oxygens (including phenoxy) is 1. The molecule has 0 aliphatic carbocycles. The first-order valence-corrected chi connectivity index (χ1v) is 8.58. The zero-order chi connectivity index (χ0) is 13.4. The third kappa shape index (κ3) is 2.23. The minimum atomic E-state index is 0.165. The Kier molecular flexibility index (Phi) is 3.40. The van der Waals surface area contributed by atoms with Gasteiger partial charge in [-0.1, -0.05) is 0 Å². The van der Waals surface area contributed by atoms with Crippen molar-refractivity contribution in [1.29, 1.82) is 0 Å². The number of hydrogen-bond donors (Lipinski definition) is 0. The van der Waals surface area contributed by atoms with E-state index in [9.17, 15) is 0 Å². The van der Waals surface area contributed by atoms with Gasteiger partial charge in [0.15, 0.2) is 5.65 Å². The molecule has 4 rings (SSSR count). The Morgan fingerprint density at radius 2 is 2.40 bits per heavy atom. The zero-order valence-corrected chi connectivity index (χ0v) is 12.3. The number of hydrogen-bond acceptors (Lipinski definition) is 4. The lowest BCUT2D eigenvalue weighted by molar-refractivity contribution is 0.102. The molecule has 5 heteroatoms. The van der Waals surface area contributed by atoms with Crippen LogP contribution in [0.4, 0.5) is 0 Å². The molecule has 2 fully saturated rings. The number of aromatic nitrogens is 3. The van der Waals surface area contributed by atoms with Crippen LogP contribution in [0.25, 0.3) is 11.2 Å². The van der Waals surface area contributed by atoms with E-state index in [1.54, 1.807) is 0 Å². The fraction of sp³-hybridized carbons (Fsp3) is 0.600. The molecular formula is C15H19N3OS. The summed E-state index contributed by atoms with van der Waals surface area (Å²) < 4.78 is 8.18. The van der Waals surface area contributed by atoms with Gasteiger partial charge in [0.1, 0.15) is 17.4 Å². The van der Waals surface area contributed by atoms with E-state index in [1.807, 2.05) is 12.3 Å². The van der Waals surface area contributed by atoms with Gasteiger partial charge >= 0.3 is 0 Å². The maximum absolute atomic E-state index is 5.86. The fourth-order valence-electron chi connectivity index (χ4n) is 3.17. The Morgan fingerprint density at radius 1 is 1.40 bits per heavy atom. The third-order valence-electron chi connectivity index (χ3n) is 4.22. The highest BCUT2D eigenvalue weighted by molar-refractivity contribution is 7.99. The molecule has 2 atom stereocenters. The highest BCUT2D eigenvalue weighted by atomic mass is 32.2. The molecule has 2 aromatic heterocycles. The largest absolute Gasteiger partial charge is 0.370 e. The molecule has 0 amide bonds. The predicted octanol–water partition coefficient (Wildman–Crippen LogP) is 3.04. The van der Waals surface area contributed by atoms with Crippen LogP contribution in [0.1, 0.15) is 31.2 Å². The topological polar surface area (TPSA) is 39.9 Å². The molecule has 106 valence electrons. The summed E-state index contributed by atoms with van der Waals surface area (Å²) in [4.78, 5) is 9.36. The van der Waals surface area contributed by atoms with E-state index < -0.39 is 0 Å². The lowest BCUT2D eigenvalue weighted by Gasteiger charge is -2.16. The second-order valence-corrected chi connectivity index (χ2v) is 6.81. The number of nitrogens with zero attached hydrogens (tertiary/aromatic N) is 3. The van der Waals surface area contributed by atoms with Crippen LogP contribution in [0.2, 0.25) is 0 Å². The van der Waals surface area contributed by atoms with Crippen molar-refractivity contribution in [3.63, 3.8) is 0 Å². The van der Waals surface area contributed by atoms with Crippen LogP contribution < -0.4 is 0 Å². The number of rotatable bonds is 3. The maximum Gasteiger partial charge on any atom is 0.160 e. The van der Waals surface area contributed by atoms with E-state index in [-0.39, 0.29) is 6.10 Å². The SMILES string of the molecule is c1cnc2c(c1)nc(C1CCCO1)n2CC1CCSC1. The van der Waals surface area contributed by atoms with Gasteiger partial charge in [-0.2, -0.15) is 11.8 Å². The van der Waals surface area contributed by atoms with Crippen molar-refractivity contribution < 1.29 is 4.74 Å². The highest BCUT2D eigenvalue weighted by Gasteiger charge is 2.27. The van der Waals surface area contributed by atoms with E-state index in [0.29, 0.717) is 0 Å². The van der Waals surface area contributed by atoms with Crippen molar-refractivity contribution in [3.8, 4) is 0 Å².